The summed E-state index contributed by atoms with van der Waals surface area (Å²) in [6.45, 7) is 0. The molecule has 15 heavy (non-hydrogen) atoms. The molecule has 0 heterocycles. The lowest BCUT2D eigenvalue weighted by molar-refractivity contribution is -0.128. The van der Waals surface area contributed by atoms with E-state index in [2.05, 4.69) is 0 Å². The molecule has 0 aliphatic carbocycles. The predicted octanol–water partition coefficient (Wildman–Crippen LogP) is -0.0377. The lowest BCUT2D eigenvalue weighted by Crippen LogP contribution is -2.49. The van der Waals surface area contributed by atoms with Crippen molar-refractivity contribution in [1.29, 1.82) is 10.5 Å². The number of hydrazine groups is 1. The maximum Gasteiger partial charge on any atom is 0.289 e. The van der Waals surface area contributed by atoms with Crippen LogP contribution in [-0.4, -0.2) is 21.5 Å². The standard InChI is InChI=1S/C6H3Cl3N4O2/c7-3(1-10)4(14)12-13-5(15)6(8,9)2-11/h3H,(H,12,14)(H,13,15). The van der Waals surface area contributed by atoms with Crippen LogP contribution in [0.1, 0.15) is 0 Å². The van der Waals surface area contributed by atoms with Gasteiger partial charge in [-0.15, -0.1) is 0 Å². The van der Waals surface area contributed by atoms with E-state index >= 15 is 0 Å². The van der Waals surface area contributed by atoms with Crippen LogP contribution in [0.15, 0.2) is 0 Å². The highest BCUT2D eigenvalue weighted by atomic mass is 35.5. The second-order valence-electron chi connectivity index (χ2n) is 2.12. The molecule has 0 aliphatic heterocycles. The SMILES string of the molecule is N#CC(Cl)C(=O)NNC(=O)C(Cl)(Cl)C#N. The molecule has 0 bridgehead atoms. The van der Waals surface area contributed by atoms with Crippen molar-refractivity contribution in [2.24, 2.45) is 0 Å². The van der Waals surface area contributed by atoms with Crippen LogP contribution in [0.4, 0.5) is 0 Å². The molecule has 0 spiro atoms. The van der Waals surface area contributed by atoms with Crippen LogP contribution in [0.5, 0.6) is 0 Å². The van der Waals surface area contributed by atoms with Gasteiger partial charge in [0, 0.05) is 0 Å². The molecule has 0 saturated heterocycles. The highest BCUT2D eigenvalue weighted by Gasteiger charge is 2.34. The van der Waals surface area contributed by atoms with Crippen molar-refractivity contribution in [3.05, 3.63) is 0 Å². The Morgan fingerprint density at radius 2 is 1.80 bits per heavy atom. The van der Waals surface area contributed by atoms with E-state index in [9.17, 15) is 9.59 Å². The van der Waals surface area contributed by atoms with Crippen LogP contribution in [0.3, 0.4) is 0 Å². The molecule has 0 saturated carbocycles. The van der Waals surface area contributed by atoms with Gasteiger partial charge in [0.25, 0.3) is 16.1 Å². The zero-order valence-corrected chi connectivity index (χ0v) is 9.19. The van der Waals surface area contributed by atoms with Crippen molar-refractivity contribution in [3.8, 4) is 12.1 Å². The van der Waals surface area contributed by atoms with Crippen LogP contribution in [-0.2, 0) is 9.59 Å². The molecule has 2 amide bonds. The first-order valence-corrected chi connectivity index (χ1v) is 4.47. The second kappa shape index (κ2) is 5.62. The van der Waals surface area contributed by atoms with Crippen molar-refractivity contribution >= 4 is 46.6 Å². The number of nitrogens with one attached hydrogen (secondary N) is 2. The Kier molecular flexibility index (Phi) is 5.16. The fraction of sp³-hybridized carbons (Fsp3) is 0.333. The first kappa shape index (κ1) is 13.8. The molecule has 1 unspecified atom stereocenters. The largest absolute Gasteiger partial charge is 0.289 e. The Hall–Kier alpha value is -1.21. The van der Waals surface area contributed by atoms with Gasteiger partial charge in [-0.3, -0.25) is 20.4 Å². The van der Waals surface area contributed by atoms with Gasteiger partial charge in [0.1, 0.15) is 6.07 Å². The minimum Gasteiger partial charge on any atom is -0.270 e. The maximum atomic E-state index is 11.0. The average Bonchev–Trinajstić information content (AvgIpc) is 2.23. The number of halogens is 3. The average molecular weight is 269 g/mol. The van der Waals surface area contributed by atoms with Crippen LogP contribution in [0.2, 0.25) is 0 Å². The number of carbonyl (C=O) groups is 2. The number of nitrogens with zero attached hydrogens (tertiary/aromatic N) is 2. The van der Waals surface area contributed by atoms with Gasteiger partial charge < -0.3 is 0 Å². The molecule has 0 rings (SSSR count). The van der Waals surface area contributed by atoms with E-state index in [4.69, 9.17) is 45.3 Å². The lowest BCUT2D eigenvalue weighted by atomic mass is 10.4. The molecule has 1 atom stereocenters. The summed E-state index contributed by atoms with van der Waals surface area (Å²) in [5.41, 5.74) is 3.49. The van der Waals surface area contributed by atoms with Crippen molar-refractivity contribution in [2.45, 2.75) is 9.71 Å². The number of carbonyl (C=O) groups excluding carboxylic acids is 2. The van der Waals surface area contributed by atoms with Crippen LogP contribution < -0.4 is 10.9 Å². The quantitative estimate of drug-likeness (QED) is 0.542. The van der Waals surface area contributed by atoms with Gasteiger partial charge >= 0.3 is 0 Å². The summed E-state index contributed by atoms with van der Waals surface area (Å²) in [7, 11) is 0. The highest BCUT2D eigenvalue weighted by Crippen LogP contribution is 2.18. The van der Waals surface area contributed by atoms with Crippen LogP contribution in [0, 0.1) is 22.7 Å². The van der Waals surface area contributed by atoms with Crippen molar-refractivity contribution < 1.29 is 9.59 Å². The zero-order chi connectivity index (χ0) is 12.1. The van der Waals surface area contributed by atoms with Crippen LogP contribution in [0.25, 0.3) is 0 Å². The van der Waals surface area contributed by atoms with Gasteiger partial charge in [-0.25, -0.2) is 0 Å². The number of rotatable bonds is 2. The molecule has 0 fully saturated rings. The first-order chi connectivity index (χ1) is 6.85. The van der Waals surface area contributed by atoms with Gasteiger partial charge in [-0.2, -0.15) is 10.5 Å². The van der Waals surface area contributed by atoms with E-state index in [-0.39, 0.29) is 0 Å². The zero-order valence-electron chi connectivity index (χ0n) is 6.92. The fourth-order valence-corrected chi connectivity index (χ4v) is 0.519. The van der Waals surface area contributed by atoms with E-state index in [1.165, 1.54) is 12.1 Å². The van der Waals surface area contributed by atoms with Gasteiger partial charge in [0.15, 0.2) is 5.38 Å². The molecular weight excluding hydrogens is 266 g/mol. The molecule has 0 radical (unpaired) electrons. The molecule has 0 aromatic heterocycles. The fourth-order valence-electron chi connectivity index (χ4n) is 0.370. The summed E-state index contributed by atoms with van der Waals surface area (Å²) < 4.78 is -2.32. The molecule has 2 N–H and O–H groups in total. The number of amides is 2. The van der Waals surface area contributed by atoms with Gasteiger partial charge in [-0.1, -0.05) is 34.8 Å². The Morgan fingerprint density at radius 1 is 1.27 bits per heavy atom. The minimum atomic E-state index is -2.32. The molecule has 0 aromatic rings. The summed E-state index contributed by atoms with van der Waals surface area (Å²) in [6, 6.07) is 2.69. The van der Waals surface area contributed by atoms with Gasteiger partial charge in [0.05, 0.1) is 6.07 Å². The summed E-state index contributed by atoms with van der Waals surface area (Å²) in [5, 5.41) is 15.1. The Morgan fingerprint density at radius 3 is 2.20 bits per heavy atom. The highest BCUT2D eigenvalue weighted by molar-refractivity contribution is 6.60. The molecule has 0 aliphatic rings. The minimum absolute atomic E-state index is 0.963. The topological polar surface area (TPSA) is 106 Å². The van der Waals surface area contributed by atoms with E-state index in [0.717, 1.165) is 0 Å². The summed E-state index contributed by atoms with van der Waals surface area (Å²) in [6.07, 6.45) is 0. The maximum absolute atomic E-state index is 11.0. The van der Waals surface area contributed by atoms with E-state index in [1.807, 2.05) is 0 Å². The second-order valence-corrected chi connectivity index (χ2v) is 3.89. The van der Waals surface area contributed by atoms with Crippen LogP contribution >= 0.6 is 34.8 Å². The summed E-state index contributed by atoms with van der Waals surface area (Å²) in [4.78, 5) is 21.8. The van der Waals surface area contributed by atoms with E-state index in [0.29, 0.717) is 0 Å². The Labute approximate surface area is 99.7 Å². The molecule has 0 aromatic carbocycles. The number of nitriles is 2. The van der Waals surface area contributed by atoms with Crippen molar-refractivity contribution in [3.63, 3.8) is 0 Å². The number of hydrogen-bond acceptors (Lipinski definition) is 4. The first-order valence-electron chi connectivity index (χ1n) is 3.28. The predicted molar refractivity (Wildman–Crippen MR) is 51.6 cm³/mol. The Bertz CT molecular complexity index is 356. The van der Waals surface area contributed by atoms with E-state index < -0.39 is 21.5 Å². The smallest absolute Gasteiger partial charge is 0.270 e. The Balaban J connectivity index is 4.22. The van der Waals surface area contributed by atoms with E-state index in [1.54, 1.807) is 10.9 Å². The van der Waals surface area contributed by atoms with Crippen molar-refractivity contribution in [2.75, 3.05) is 0 Å². The third-order valence-corrected chi connectivity index (χ3v) is 1.88. The van der Waals surface area contributed by atoms with Crippen molar-refractivity contribution in [1.82, 2.24) is 10.9 Å². The number of alkyl halides is 3. The molecule has 9 heteroatoms. The van der Waals surface area contributed by atoms with Gasteiger partial charge in [0.2, 0.25) is 0 Å². The third-order valence-electron chi connectivity index (χ3n) is 1.07. The molecule has 6 nitrogen and oxygen atoms in total. The lowest BCUT2D eigenvalue weighted by Gasteiger charge is -2.11. The number of hydrogen-bond donors (Lipinski definition) is 2. The normalized spacial score (nSPS) is 11.8. The summed E-state index contributed by atoms with van der Waals surface area (Å²) in [5.74, 6) is -2.11. The third kappa shape index (κ3) is 4.22. The molecular formula is C6H3Cl3N4O2. The molecule has 80 valence electrons. The summed E-state index contributed by atoms with van der Waals surface area (Å²) >= 11 is 15.6. The monoisotopic (exact) mass is 268 g/mol. The van der Waals surface area contributed by atoms with Gasteiger partial charge in [-0.05, 0) is 0 Å².